The monoisotopic (exact) mass is 420 g/mol. The van der Waals surface area contributed by atoms with Gasteiger partial charge in [-0.3, -0.25) is 14.9 Å². The number of anilines is 1. The Kier molecular flexibility index (Phi) is 5.44. The number of amides is 2. The maximum atomic E-state index is 12.4. The summed E-state index contributed by atoms with van der Waals surface area (Å²) in [6, 6.07) is 17.4. The molecule has 0 radical (unpaired) electrons. The molecule has 0 saturated heterocycles. The summed E-state index contributed by atoms with van der Waals surface area (Å²) in [5, 5.41) is 11.3. The van der Waals surface area contributed by atoms with Crippen molar-refractivity contribution in [3.05, 3.63) is 77.7 Å². The topological polar surface area (TPSA) is 109 Å². The lowest BCUT2D eigenvalue weighted by molar-refractivity contribution is -0.137. The molecule has 0 spiro atoms. The number of carbonyl (C=O) groups excluding carboxylic acids is 2. The number of benzene rings is 2. The zero-order valence-corrected chi connectivity index (χ0v) is 16.7. The van der Waals surface area contributed by atoms with Crippen LogP contribution >= 0.6 is 0 Å². The van der Waals surface area contributed by atoms with Crippen LogP contribution in [0.1, 0.15) is 27.6 Å². The summed E-state index contributed by atoms with van der Waals surface area (Å²) in [4.78, 5) is 36.6. The molecule has 1 aliphatic carbocycles. The lowest BCUT2D eigenvalue weighted by Gasteiger charge is -2.15. The second-order valence-electron chi connectivity index (χ2n) is 7.17. The van der Waals surface area contributed by atoms with Gasteiger partial charge >= 0.3 is 12.1 Å². The maximum Gasteiger partial charge on any atom is 0.411 e. The molecule has 8 nitrogen and oxygen atoms in total. The summed E-state index contributed by atoms with van der Waals surface area (Å²) < 4.78 is 10.6. The molecular weight excluding hydrogens is 400 g/mol. The highest BCUT2D eigenvalue weighted by Gasteiger charge is 2.29. The van der Waals surface area contributed by atoms with Crippen LogP contribution in [0.4, 0.5) is 10.5 Å². The smallest absolute Gasteiger partial charge is 0.411 e. The van der Waals surface area contributed by atoms with Crippen LogP contribution in [-0.2, 0) is 9.53 Å². The van der Waals surface area contributed by atoms with Crippen molar-refractivity contribution in [2.75, 3.05) is 25.5 Å². The van der Waals surface area contributed by atoms with E-state index in [-0.39, 0.29) is 24.0 Å². The molecule has 1 aliphatic rings. The molecule has 1 aromatic heterocycles. The van der Waals surface area contributed by atoms with Crippen molar-refractivity contribution in [3.8, 4) is 11.1 Å². The zero-order chi connectivity index (χ0) is 22.0. The van der Waals surface area contributed by atoms with Crippen LogP contribution in [0.5, 0.6) is 0 Å². The van der Waals surface area contributed by atoms with Gasteiger partial charge in [0.2, 0.25) is 5.76 Å². The lowest BCUT2D eigenvalue weighted by Crippen LogP contribution is -2.32. The molecular formula is C23H20N2O6. The molecule has 31 heavy (non-hydrogen) atoms. The van der Waals surface area contributed by atoms with Gasteiger partial charge in [0.25, 0.3) is 5.91 Å². The Balaban J connectivity index is 1.44. The highest BCUT2D eigenvalue weighted by atomic mass is 16.5. The Hall–Kier alpha value is -4.07. The first-order valence-corrected chi connectivity index (χ1v) is 9.62. The number of hydrogen-bond donors (Lipinski definition) is 2. The van der Waals surface area contributed by atoms with Gasteiger partial charge < -0.3 is 19.2 Å². The van der Waals surface area contributed by atoms with E-state index >= 15 is 0 Å². The summed E-state index contributed by atoms with van der Waals surface area (Å²) in [5.74, 6) is -2.09. The van der Waals surface area contributed by atoms with E-state index < -0.39 is 24.5 Å². The van der Waals surface area contributed by atoms with E-state index in [1.54, 1.807) is 0 Å². The van der Waals surface area contributed by atoms with Crippen LogP contribution in [0, 0.1) is 0 Å². The van der Waals surface area contributed by atoms with Crippen molar-refractivity contribution in [3.63, 3.8) is 0 Å². The summed E-state index contributed by atoms with van der Waals surface area (Å²) in [5.41, 5.74) is 4.53. The van der Waals surface area contributed by atoms with Gasteiger partial charge in [0.05, 0.1) is 12.0 Å². The number of likely N-dealkylation sites (N-methyl/N-ethyl adjacent to an activating group) is 1. The van der Waals surface area contributed by atoms with Crippen LogP contribution in [0.15, 0.2) is 65.3 Å². The van der Waals surface area contributed by atoms with Crippen molar-refractivity contribution in [2.45, 2.75) is 5.92 Å². The minimum absolute atomic E-state index is 0.0923. The largest absolute Gasteiger partial charge is 0.480 e. The van der Waals surface area contributed by atoms with Gasteiger partial charge in [-0.05, 0) is 22.3 Å². The second-order valence-corrected chi connectivity index (χ2v) is 7.17. The van der Waals surface area contributed by atoms with Gasteiger partial charge in [-0.1, -0.05) is 48.5 Å². The Bertz CT molecular complexity index is 1110. The summed E-state index contributed by atoms with van der Waals surface area (Å²) in [7, 11) is 1.33. The van der Waals surface area contributed by atoms with E-state index in [1.165, 1.54) is 19.4 Å². The van der Waals surface area contributed by atoms with E-state index in [4.69, 9.17) is 14.3 Å². The highest BCUT2D eigenvalue weighted by Crippen LogP contribution is 2.44. The Morgan fingerprint density at radius 3 is 2.26 bits per heavy atom. The third-order valence-electron chi connectivity index (χ3n) is 5.16. The normalized spacial score (nSPS) is 12.0. The molecule has 0 saturated carbocycles. The average molecular weight is 420 g/mol. The average Bonchev–Trinajstić information content (AvgIpc) is 3.33. The van der Waals surface area contributed by atoms with Gasteiger partial charge in [-0.2, -0.15) is 0 Å². The number of ether oxygens (including phenoxy) is 1. The fourth-order valence-corrected chi connectivity index (χ4v) is 3.77. The van der Waals surface area contributed by atoms with E-state index in [1.807, 2.05) is 48.5 Å². The summed E-state index contributed by atoms with van der Waals surface area (Å²) >= 11 is 0. The Morgan fingerprint density at radius 1 is 1.03 bits per heavy atom. The van der Waals surface area contributed by atoms with Crippen molar-refractivity contribution in [1.29, 1.82) is 0 Å². The Morgan fingerprint density at radius 2 is 1.65 bits per heavy atom. The van der Waals surface area contributed by atoms with Crippen molar-refractivity contribution in [2.24, 2.45) is 0 Å². The third-order valence-corrected chi connectivity index (χ3v) is 5.16. The predicted octanol–water partition coefficient (Wildman–Crippen LogP) is 3.80. The molecule has 0 aliphatic heterocycles. The van der Waals surface area contributed by atoms with Gasteiger partial charge in [0.15, 0.2) is 0 Å². The van der Waals surface area contributed by atoms with Crippen molar-refractivity contribution < 1.29 is 28.6 Å². The minimum atomic E-state index is -1.16. The summed E-state index contributed by atoms with van der Waals surface area (Å²) in [6.45, 7) is -0.371. The number of aliphatic carboxylic acids is 1. The number of hydrogen-bond acceptors (Lipinski definition) is 5. The predicted molar refractivity (Wildman–Crippen MR) is 112 cm³/mol. The molecule has 8 heteroatoms. The van der Waals surface area contributed by atoms with Gasteiger partial charge in [0.1, 0.15) is 13.2 Å². The number of carbonyl (C=O) groups is 3. The van der Waals surface area contributed by atoms with Crippen molar-refractivity contribution in [1.82, 2.24) is 4.90 Å². The Labute approximate surface area is 178 Å². The van der Waals surface area contributed by atoms with Crippen LogP contribution < -0.4 is 5.32 Å². The number of carboxylic acids is 1. The molecule has 2 N–H and O–H groups in total. The molecule has 2 amide bonds. The van der Waals surface area contributed by atoms with Gasteiger partial charge in [0, 0.05) is 19.0 Å². The van der Waals surface area contributed by atoms with Crippen LogP contribution in [0.2, 0.25) is 0 Å². The zero-order valence-electron chi connectivity index (χ0n) is 16.7. The fourth-order valence-electron chi connectivity index (χ4n) is 3.77. The van der Waals surface area contributed by atoms with E-state index in [0.717, 1.165) is 27.2 Å². The maximum absolute atomic E-state index is 12.4. The lowest BCUT2D eigenvalue weighted by atomic mass is 9.98. The number of carboxylic acid groups (broad SMARTS) is 1. The molecule has 1 heterocycles. The van der Waals surface area contributed by atoms with Crippen LogP contribution in [0.3, 0.4) is 0 Å². The number of furan rings is 1. The van der Waals surface area contributed by atoms with Gasteiger partial charge in [-0.15, -0.1) is 0 Å². The first-order valence-electron chi connectivity index (χ1n) is 9.62. The first kappa shape index (κ1) is 20.2. The summed E-state index contributed by atoms with van der Waals surface area (Å²) in [6.07, 6.45) is 0.499. The second kappa shape index (κ2) is 8.35. The molecule has 158 valence electrons. The quantitative estimate of drug-likeness (QED) is 0.628. The van der Waals surface area contributed by atoms with Crippen LogP contribution in [0.25, 0.3) is 11.1 Å². The minimum Gasteiger partial charge on any atom is -0.480 e. The number of nitrogens with one attached hydrogen (secondary N) is 1. The third kappa shape index (κ3) is 4.00. The van der Waals surface area contributed by atoms with Crippen molar-refractivity contribution >= 4 is 23.7 Å². The first-order chi connectivity index (χ1) is 15.0. The van der Waals surface area contributed by atoms with E-state index in [0.29, 0.717) is 0 Å². The highest BCUT2D eigenvalue weighted by molar-refractivity contribution is 6.01. The fraction of sp³-hybridized carbons (Fsp3) is 0.174. The molecule has 0 bridgehead atoms. The molecule has 3 aromatic rings. The number of nitrogens with zero attached hydrogens (tertiary/aromatic N) is 1. The molecule has 0 fully saturated rings. The van der Waals surface area contributed by atoms with E-state index in [2.05, 4.69) is 5.32 Å². The van der Waals surface area contributed by atoms with Crippen LogP contribution in [-0.4, -0.2) is 48.2 Å². The SMILES string of the molecule is CN(CC(=O)O)C(=O)c1occc1NC(=O)OCC1c2ccccc2-c2ccccc21. The number of rotatable bonds is 6. The molecule has 2 aromatic carbocycles. The molecule has 0 unspecified atom stereocenters. The molecule has 4 rings (SSSR count). The molecule has 0 atom stereocenters. The number of fused-ring (bicyclic) bond motifs is 3. The van der Waals surface area contributed by atoms with Gasteiger partial charge in [-0.25, -0.2) is 4.79 Å². The standard InChI is InChI=1S/C23H20N2O6/c1-25(12-20(26)27)22(28)21-19(10-11-30-21)24-23(29)31-13-18-16-8-4-2-6-14(16)15-7-3-5-9-17(15)18/h2-11,18H,12-13H2,1H3,(H,24,29)(H,26,27). The van der Waals surface area contributed by atoms with E-state index in [9.17, 15) is 14.4 Å².